The number of aromatic hydroxyl groups is 1. The Kier molecular flexibility index (Phi) is 3.82. The van der Waals surface area contributed by atoms with E-state index in [1.165, 1.54) is 12.1 Å². The Morgan fingerprint density at radius 3 is 2.32 bits per heavy atom. The maximum Gasteiger partial charge on any atom is 0.199 e. The number of phenols is 1. The molecule has 2 aromatic carbocycles. The first kappa shape index (κ1) is 13.1. The number of hydrogen-bond acceptors (Lipinski definition) is 4. The van der Waals surface area contributed by atoms with E-state index < -0.39 is 11.9 Å². The number of benzene rings is 2. The van der Waals surface area contributed by atoms with E-state index in [0.717, 1.165) is 0 Å². The van der Waals surface area contributed by atoms with Gasteiger partial charge in [0.05, 0.1) is 12.7 Å². The summed E-state index contributed by atoms with van der Waals surface area (Å²) < 4.78 is 5.01. The highest BCUT2D eigenvalue weighted by Crippen LogP contribution is 2.25. The minimum Gasteiger partial charge on any atom is -0.507 e. The summed E-state index contributed by atoms with van der Waals surface area (Å²) in [6.07, 6.45) is -1.31. The fourth-order valence-electron chi connectivity index (χ4n) is 1.77. The first-order valence-corrected chi connectivity index (χ1v) is 5.77. The van der Waals surface area contributed by atoms with Crippen molar-refractivity contribution in [2.75, 3.05) is 7.11 Å². The number of ketones is 1. The molecule has 0 spiro atoms. The summed E-state index contributed by atoms with van der Waals surface area (Å²) >= 11 is 0. The van der Waals surface area contributed by atoms with Crippen LogP contribution in [0.3, 0.4) is 0 Å². The Labute approximate surface area is 110 Å². The lowest BCUT2D eigenvalue weighted by molar-refractivity contribution is 0.0744. The molecule has 0 aliphatic carbocycles. The van der Waals surface area contributed by atoms with Gasteiger partial charge in [0.15, 0.2) is 5.78 Å². The number of rotatable bonds is 4. The van der Waals surface area contributed by atoms with E-state index >= 15 is 0 Å². The maximum atomic E-state index is 12.1. The van der Waals surface area contributed by atoms with E-state index in [9.17, 15) is 15.0 Å². The van der Waals surface area contributed by atoms with Crippen LogP contribution >= 0.6 is 0 Å². The molecule has 0 saturated heterocycles. The third kappa shape index (κ3) is 2.74. The van der Waals surface area contributed by atoms with Gasteiger partial charge in [0.1, 0.15) is 17.6 Å². The van der Waals surface area contributed by atoms with Crippen LogP contribution in [0.4, 0.5) is 0 Å². The van der Waals surface area contributed by atoms with E-state index in [2.05, 4.69) is 0 Å². The van der Waals surface area contributed by atoms with Crippen molar-refractivity contribution < 1.29 is 19.7 Å². The largest absolute Gasteiger partial charge is 0.507 e. The van der Waals surface area contributed by atoms with Crippen LogP contribution in [-0.4, -0.2) is 23.1 Å². The maximum absolute atomic E-state index is 12.1. The van der Waals surface area contributed by atoms with Gasteiger partial charge in [-0.15, -0.1) is 0 Å². The topological polar surface area (TPSA) is 66.8 Å². The van der Waals surface area contributed by atoms with Crippen LogP contribution in [0.25, 0.3) is 0 Å². The first-order chi connectivity index (χ1) is 9.13. The average Bonchev–Trinajstić information content (AvgIpc) is 2.46. The summed E-state index contributed by atoms with van der Waals surface area (Å²) in [5.74, 6) is -0.0331. The van der Waals surface area contributed by atoms with Gasteiger partial charge in [0.25, 0.3) is 0 Å². The molecule has 1 unspecified atom stereocenters. The number of aliphatic hydroxyl groups excluding tert-OH is 1. The zero-order chi connectivity index (χ0) is 13.8. The van der Waals surface area contributed by atoms with Gasteiger partial charge in [0, 0.05) is 0 Å². The number of phenolic OH excluding ortho intramolecular Hbond substituents is 1. The number of ether oxygens (including phenoxy) is 1. The summed E-state index contributed by atoms with van der Waals surface area (Å²) in [6.45, 7) is 0. The fourth-order valence-corrected chi connectivity index (χ4v) is 1.77. The van der Waals surface area contributed by atoms with Gasteiger partial charge in [-0.25, -0.2) is 0 Å². The van der Waals surface area contributed by atoms with E-state index in [1.807, 2.05) is 0 Å². The smallest absolute Gasteiger partial charge is 0.199 e. The Balaban J connectivity index is 2.26. The Hall–Kier alpha value is -2.33. The van der Waals surface area contributed by atoms with Gasteiger partial charge >= 0.3 is 0 Å². The molecule has 0 fully saturated rings. The average molecular weight is 258 g/mol. The van der Waals surface area contributed by atoms with Crippen LogP contribution in [0.1, 0.15) is 22.0 Å². The number of hydrogen-bond donors (Lipinski definition) is 2. The Bertz CT molecular complexity index is 575. The molecule has 19 heavy (non-hydrogen) atoms. The zero-order valence-electron chi connectivity index (χ0n) is 10.4. The Morgan fingerprint density at radius 2 is 1.74 bits per heavy atom. The van der Waals surface area contributed by atoms with Crippen LogP contribution in [0.15, 0.2) is 48.5 Å². The Morgan fingerprint density at radius 1 is 1.11 bits per heavy atom. The molecule has 0 aromatic heterocycles. The van der Waals surface area contributed by atoms with Gasteiger partial charge in [-0.2, -0.15) is 0 Å². The predicted octanol–water partition coefficient (Wildman–Crippen LogP) is 2.32. The van der Waals surface area contributed by atoms with Crippen molar-refractivity contribution in [3.8, 4) is 11.5 Å². The van der Waals surface area contributed by atoms with E-state index in [4.69, 9.17) is 4.74 Å². The SMILES string of the molecule is COc1ccc(C(O)C(=O)c2ccccc2O)cc1. The molecule has 0 saturated carbocycles. The number of aliphatic hydroxyl groups is 1. The van der Waals surface area contributed by atoms with Gasteiger partial charge in [-0.1, -0.05) is 24.3 Å². The lowest BCUT2D eigenvalue weighted by Crippen LogP contribution is -2.12. The molecule has 0 amide bonds. The standard InChI is InChI=1S/C15H14O4/c1-19-11-8-6-10(7-9-11)14(17)15(18)12-4-2-3-5-13(12)16/h2-9,14,16-17H,1H3. The predicted molar refractivity (Wildman–Crippen MR) is 70.4 cm³/mol. The molecule has 2 rings (SSSR count). The molecule has 0 radical (unpaired) electrons. The third-order valence-corrected chi connectivity index (χ3v) is 2.85. The lowest BCUT2D eigenvalue weighted by Gasteiger charge is -2.11. The highest BCUT2D eigenvalue weighted by molar-refractivity contribution is 6.02. The van der Waals surface area contributed by atoms with Gasteiger partial charge in [-0.3, -0.25) is 4.79 Å². The second kappa shape index (κ2) is 5.54. The monoisotopic (exact) mass is 258 g/mol. The molecular weight excluding hydrogens is 244 g/mol. The molecule has 4 nitrogen and oxygen atoms in total. The van der Waals surface area contributed by atoms with Gasteiger partial charge in [-0.05, 0) is 29.8 Å². The van der Waals surface area contributed by atoms with Gasteiger partial charge < -0.3 is 14.9 Å². The molecule has 2 aromatic rings. The van der Waals surface area contributed by atoms with Crippen molar-refractivity contribution in [1.29, 1.82) is 0 Å². The molecule has 2 N–H and O–H groups in total. The number of carbonyl (C=O) groups excluding carboxylic acids is 1. The molecule has 0 bridgehead atoms. The van der Waals surface area contributed by atoms with Crippen molar-refractivity contribution in [2.45, 2.75) is 6.10 Å². The van der Waals surface area contributed by atoms with E-state index in [1.54, 1.807) is 43.5 Å². The number of Topliss-reactive ketones (excluding diaryl/α,β-unsaturated/α-hetero) is 1. The van der Waals surface area contributed by atoms with Crippen LogP contribution in [0.2, 0.25) is 0 Å². The second-order valence-corrected chi connectivity index (χ2v) is 4.06. The summed E-state index contributed by atoms with van der Waals surface area (Å²) in [4.78, 5) is 12.1. The number of methoxy groups -OCH3 is 1. The normalized spacial score (nSPS) is 11.9. The molecule has 98 valence electrons. The molecule has 0 aliphatic heterocycles. The summed E-state index contributed by atoms with van der Waals surface area (Å²) in [6, 6.07) is 12.7. The highest BCUT2D eigenvalue weighted by atomic mass is 16.5. The minimum atomic E-state index is -1.31. The van der Waals surface area contributed by atoms with Crippen molar-refractivity contribution >= 4 is 5.78 Å². The molecular formula is C15H14O4. The fraction of sp³-hybridized carbons (Fsp3) is 0.133. The summed E-state index contributed by atoms with van der Waals surface area (Å²) in [5, 5.41) is 19.6. The number of para-hydroxylation sites is 1. The van der Waals surface area contributed by atoms with Gasteiger partial charge in [0.2, 0.25) is 0 Å². The quantitative estimate of drug-likeness (QED) is 0.826. The van der Waals surface area contributed by atoms with E-state index in [-0.39, 0.29) is 11.3 Å². The molecule has 0 aliphatic rings. The molecule has 4 heteroatoms. The highest BCUT2D eigenvalue weighted by Gasteiger charge is 2.21. The van der Waals surface area contributed by atoms with Crippen molar-refractivity contribution in [2.24, 2.45) is 0 Å². The third-order valence-electron chi connectivity index (χ3n) is 2.85. The number of carbonyl (C=O) groups is 1. The molecule has 0 heterocycles. The van der Waals surface area contributed by atoms with Crippen LogP contribution in [-0.2, 0) is 0 Å². The summed E-state index contributed by atoms with van der Waals surface area (Å²) in [7, 11) is 1.54. The van der Waals surface area contributed by atoms with Crippen molar-refractivity contribution in [3.05, 3.63) is 59.7 Å². The van der Waals surface area contributed by atoms with Crippen molar-refractivity contribution in [3.63, 3.8) is 0 Å². The molecule has 1 atom stereocenters. The van der Waals surface area contributed by atoms with E-state index in [0.29, 0.717) is 11.3 Å². The first-order valence-electron chi connectivity index (χ1n) is 5.77. The van der Waals surface area contributed by atoms with Crippen LogP contribution < -0.4 is 4.74 Å². The van der Waals surface area contributed by atoms with Crippen LogP contribution in [0.5, 0.6) is 11.5 Å². The van der Waals surface area contributed by atoms with Crippen LogP contribution in [0, 0.1) is 0 Å². The second-order valence-electron chi connectivity index (χ2n) is 4.06. The zero-order valence-corrected chi connectivity index (χ0v) is 10.4. The summed E-state index contributed by atoms with van der Waals surface area (Å²) in [5.41, 5.74) is 0.555. The van der Waals surface area contributed by atoms with Crippen molar-refractivity contribution in [1.82, 2.24) is 0 Å². The lowest BCUT2D eigenvalue weighted by atomic mass is 9.99. The minimum absolute atomic E-state index is 0.103.